The van der Waals surface area contributed by atoms with Crippen molar-refractivity contribution in [3.8, 4) is 0 Å². The standard InChI is InChI=1S/C19H16BrCl/c1-12-11-18(21)13(2)10-17(12)19(20)16-9-5-7-14-6-3-4-8-15(14)16/h3-11,19H,1-2H3. The first-order valence-corrected chi connectivity index (χ1v) is 8.25. The molecule has 3 aromatic rings. The smallest absolute Gasteiger partial charge is 0.0653 e. The van der Waals surface area contributed by atoms with Gasteiger partial charge in [-0.1, -0.05) is 76.1 Å². The third kappa shape index (κ3) is 2.73. The lowest BCUT2D eigenvalue weighted by Gasteiger charge is -2.17. The lowest BCUT2D eigenvalue weighted by Crippen LogP contribution is -1.98. The predicted octanol–water partition coefficient (Wildman–Crippen LogP) is 6.59. The van der Waals surface area contributed by atoms with Crippen LogP contribution in [0.4, 0.5) is 0 Å². The van der Waals surface area contributed by atoms with Gasteiger partial charge in [0.25, 0.3) is 0 Å². The summed E-state index contributed by atoms with van der Waals surface area (Å²) in [4.78, 5) is 0.166. The van der Waals surface area contributed by atoms with Crippen LogP contribution in [0, 0.1) is 13.8 Å². The predicted molar refractivity (Wildman–Crippen MR) is 95.6 cm³/mol. The Kier molecular flexibility index (Phi) is 4.05. The summed E-state index contributed by atoms with van der Waals surface area (Å²) in [5.41, 5.74) is 4.88. The van der Waals surface area contributed by atoms with Crippen molar-refractivity contribution < 1.29 is 0 Å². The summed E-state index contributed by atoms with van der Waals surface area (Å²) in [7, 11) is 0. The summed E-state index contributed by atoms with van der Waals surface area (Å²) in [5, 5.41) is 3.38. The number of benzene rings is 3. The van der Waals surface area contributed by atoms with Crippen LogP contribution in [0.3, 0.4) is 0 Å². The molecule has 106 valence electrons. The molecule has 0 amide bonds. The number of fused-ring (bicyclic) bond motifs is 1. The Morgan fingerprint density at radius 1 is 0.857 bits per heavy atom. The molecule has 1 unspecified atom stereocenters. The molecule has 0 heterocycles. The zero-order chi connectivity index (χ0) is 15.0. The number of hydrogen-bond acceptors (Lipinski definition) is 0. The van der Waals surface area contributed by atoms with Gasteiger partial charge >= 0.3 is 0 Å². The number of rotatable bonds is 2. The van der Waals surface area contributed by atoms with E-state index in [2.05, 4.69) is 71.4 Å². The van der Waals surface area contributed by atoms with Crippen molar-refractivity contribution in [3.05, 3.63) is 81.9 Å². The number of aryl methyl sites for hydroxylation is 2. The highest BCUT2D eigenvalue weighted by molar-refractivity contribution is 9.09. The van der Waals surface area contributed by atoms with Crippen molar-refractivity contribution in [2.75, 3.05) is 0 Å². The molecule has 0 bridgehead atoms. The van der Waals surface area contributed by atoms with Gasteiger partial charge in [0.15, 0.2) is 0 Å². The zero-order valence-electron chi connectivity index (χ0n) is 12.0. The van der Waals surface area contributed by atoms with Crippen molar-refractivity contribution in [3.63, 3.8) is 0 Å². The van der Waals surface area contributed by atoms with Gasteiger partial charge in [-0.05, 0) is 52.9 Å². The van der Waals surface area contributed by atoms with Gasteiger partial charge in [0.2, 0.25) is 0 Å². The quantitative estimate of drug-likeness (QED) is 0.452. The fourth-order valence-electron chi connectivity index (χ4n) is 2.72. The molecule has 0 saturated carbocycles. The molecule has 0 saturated heterocycles. The summed E-state index contributed by atoms with van der Waals surface area (Å²) in [5.74, 6) is 0. The van der Waals surface area contributed by atoms with E-state index in [1.807, 2.05) is 13.0 Å². The van der Waals surface area contributed by atoms with Crippen LogP contribution in [0.25, 0.3) is 10.8 Å². The SMILES string of the molecule is Cc1cc(C(Br)c2cccc3ccccc23)c(C)cc1Cl. The first-order valence-electron chi connectivity index (χ1n) is 6.96. The second-order valence-corrected chi connectivity index (χ2v) is 6.71. The molecule has 3 rings (SSSR count). The minimum Gasteiger partial charge on any atom is -0.0840 e. The summed E-state index contributed by atoms with van der Waals surface area (Å²) >= 11 is 10.1. The van der Waals surface area contributed by atoms with E-state index in [9.17, 15) is 0 Å². The Morgan fingerprint density at radius 2 is 1.57 bits per heavy atom. The van der Waals surface area contributed by atoms with Gasteiger partial charge in [-0.15, -0.1) is 0 Å². The molecule has 21 heavy (non-hydrogen) atoms. The molecule has 2 heteroatoms. The van der Waals surface area contributed by atoms with Gasteiger partial charge in [-0.25, -0.2) is 0 Å². The van der Waals surface area contributed by atoms with Gasteiger partial charge in [0, 0.05) is 5.02 Å². The molecule has 1 atom stereocenters. The summed E-state index contributed by atoms with van der Waals surface area (Å²) in [6, 6.07) is 19.2. The maximum absolute atomic E-state index is 6.22. The largest absolute Gasteiger partial charge is 0.0840 e. The van der Waals surface area contributed by atoms with E-state index in [0.717, 1.165) is 10.6 Å². The van der Waals surface area contributed by atoms with Crippen LogP contribution < -0.4 is 0 Å². The topological polar surface area (TPSA) is 0 Å². The van der Waals surface area contributed by atoms with Gasteiger partial charge in [0.05, 0.1) is 4.83 Å². The van der Waals surface area contributed by atoms with Crippen molar-refractivity contribution in [1.82, 2.24) is 0 Å². The number of hydrogen-bond donors (Lipinski definition) is 0. The second kappa shape index (κ2) is 5.82. The minimum atomic E-state index is 0.166. The van der Waals surface area contributed by atoms with Crippen LogP contribution in [0.1, 0.15) is 27.1 Å². The van der Waals surface area contributed by atoms with E-state index in [1.54, 1.807) is 0 Å². The highest BCUT2D eigenvalue weighted by Crippen LogP contribution is 2.38. The van der Waals surface area contributed by atoms with E-state index >= 15 is 0 Å². The highest BCUT2D eigenvalue weighted by Gasteiger charge is 2.16. The fourth-order valence-corrected chi connectivity index (χ4v) is 3.83. The molecule has 0 fully saturated rings. The molecule has 0 nitrogen and oxygen atoms in total. The van der Waals surface area contributed by atoms with E-state index in [1.165, 1.54) is 27.5 Å². The molecule has 0 aliphatic heterocycles. The maximum Gasteiger partial charge on any atom is 0.0653 e. The van der Waals surface area contributed by atoms with Crippen LogP contribution in [-0.4, -0.2) is 0 Å². The molecule has 0 radical (unpaired) electrons. The normalized spacial score (nSPS) is 12.6. The van der Waals surface area contributed by atoms with E-state index in [4.69, 9.17) is 11.6 Å². The molecule has 0 aliphatic rings. The molecule has 0 aromatic heterocycles. The van der Waals surface area contributed by atoms with Gasteiger partial charge in [-0.3, -0.25) is 0 Å². The second-order valence-electron chi connectivity index (χ2n) is 5.39. The summed E-state index contributed by atoms with van der Waals surface area (Å²) in [6.45, 7) is 4.16. The molecule has 0 spiro atoms. The third-order valence-electron chi connectivity index (χ3n) is 3.92. The minimum absolute atomic E-state index is 0.166. The van der Waals surface area contributed by atoms with E-state index in [-0.39, 0.29) is 4.83 Å². The average Bonchev–Trinajstić information content (AvgIpc) is 2.49. The van der Waals surface area contributed by atoms with Crippen molar-refractivity contribution in [1.29, 1.82) is 0 Å². The van der Waals surface area contributed by atoms with Crippen molar-refractivity contribution in [2.24, 2.45) is 0 Å². The number of halogens is 2. The summed E-state index contributed by atoms with van der Waals surface area (Å²) in [6.07, 6.45) is 0. The van der Waals surface area contributed by atoms with Crippen LogP contribution >= 0.6 is 27.5 Å². The lowest BCUT2D eigenvalue weighted by molar-refractivity contribution is 1.15. The van der Waals surface area contributed by atoms with Gasteiger partial charge in [-0.2, -0.15) is 0 Å². The fraction of sp³-hybridized carbons (Fsp3) is 0.158. The lowest BCUT2D eigenvalue weighted by atomic mass is 9.95. The Hall–Kier alpha value is -1.31. The van der Waals surface area contributed by atoms with Crippen LogP contribution in [0.2, 0.25) is 5.02 Å². The average molecular weight is 360 g/mol. The van der Waals surface area contributed by atoms with Crippen molar-refractivity contribution >= 4 is 38.3 Å². The van der Waals surface area contributed by atoms with Crippen LogP contribution in [0.5, 0.6) is 0 Å². The Bertz CT molecular complexity index is 803. The van der Waals surface area contributed by atoms with Gasteiger partial charge < -0.3 is 0 Å². The maximum atomic E-state index is 6.22. The molecular weight excluding hydrogens is 344 g/mol. The first-order chi connectivity index (χ1) is 10.1. The Morgan fingerprint density at radius 3 is 2.38 bits per heavy atom. The third-order valence-corrected chi connectivity index (χ3v) is 5.31. The highest BCUT2D eigenvalue weighted by atomic mass is 79.9. The Balaban J connectivity index is 2.17. The molecular formula is C19H16BrCl. The summed E-state index contributed by atoms with van der Waals surface area (Å²) < 4.78 is 0. The van der Waals surface area contributed by atoms with Crippen LogP contribution in [-0.2, 0) is 0 Å². The number of alkyl halides is 1. The van der Waals surface area contributed by atoms with E-state index < -0.39 is 0 Å². The Labute approximate surface area is 138 Å². The monoisotopic (exact) mass is 358 g/mol. The van der Waals surface area contributed by atoms with E-state index in [0.29, 0.717) is 0 Å². The van der Waals surface area contributed by atoms with Gasteiger partial charge in [0.1, 0.15) is 0 Å². The molecule has 0 N–H and O–H groups in total. The molecule has 0 aliphatic carbocycles. The first kappa shape index (κ1) is 14.6. The van der Waals surface area contributed by atoms with Crippen LogP contribution in [0.15, 0.2) is 54.6 Å². The zero-order valence-corrected chi connectivity index (χ0v) is 14.4. The molecule has 3 aromatic carbocycles. The van der Waals surface area contributed by atoms with Crippen molar-refractivity contribution in [2.45, 2.75) is 18.7 Å².